The number of halogens is 1. The number of likely N-dealkylation sites (tertiary alicyclic amines) is 1. The SMILES string of the molecule is O=C(O)C1CN(Cc2ccc(-c3cc4cc(Cc5cccnc5)ccc4o3)c(F)c2)C1. The van der Waals surface area contributed by atoms with E-state index in [0.29, 0.717) is 36.5 Å². The van der Waals surface area contributed by atoms with E-state index in [1.807, 2.05) is 47.5 Å². The van der Waals surface area contributed by atoms with Gasteiger partial charge in [0.05, 0.1) is 11.5 Å². The van der Waals surface area contributed by atoms with Gasteiger partial charge in [-0.3, -0.25) is 14.7 Å². The maximum absolute atomic E-state index is 14.8. The summed E-state index contributed by atoms with van der Waals surface area (Å²) >= 11 is 0. The first-order valence-corrected chi connectivity index (χ1v) is 10.2. The molecule has 6 heteroatoms. The molecule has 4 aromatic rings. The standard InChI is InChI=1S/C25H21FN2O3/c26-22-10-18(13-28-14-20(15-28)25(29)30)3-5-21(22)24-11-19-9-16(4-6-23(19)31-24)8-17-2-1-7-27-12-17/h1-7,9-12,20H,8,13-15H2,(H,29,30). The molecule has 5 rings (SSSR count). The molecule has 0 aliphatic carbocycles. The van der Waals surface area contributed by atoms with Gasteiger partial charge in [0, 0.05) is 37.4 Å². The van der Waals surface area contributed by atoms with Gasteiger partial charge in [0.15, 0.2) is 0 Å². The predicted octanol–water partition coefficient (Wildman–Crippen LogP) is 4.74. The first-order chi connectivity index (χ1) is 15.0. The van der Waals surface area contributed by atoms with E-state index in [9.17, 15) is 9.18 Å². The summed E-state index contributed by atoms with van der Waals surface area (Å²) in [6, 6.07) is 16.9. The molecule has 0 saturated carbocycles. The highest BCUT2D eigenvalue weighted by Crippen LogP contribution is 2.31. The van der Waals surface area contributed by atoms with Crippen molar-refractivity contribution >= 4 is 16.9 Å². The van der Waals surface area contributed by atoms with Gasteiger partial charge in [-0.1, -0.05) is 18.2 Å². The van der Waals surface area contributed by atoms with Gasteiger partial charge in [0.1, 0.15) is 17.2 Å². The number of carboxylic acid groups (broad SMARTS) is 1. The number of nitrogens with zero attached hydrogens (tertiary/aromatic N) is 2. The molecule has 2 aromatic carbocycles. The minimum Gasteiger partial charge on any atom is -0.481 e. The Balaban J connectivity index is 1.33. The van der Waals surface area contributed by atoms with Gasteiger partial charge < -0.3 is 9.52 Å². The maximum atomic E-state index is 14.8. The van der Waals surface area contributed by atoms with E-state index < -0.39 is 5.97 Å². The number of rotatable bonds is 6. The van der Waals surface area contributed by atoms with Crippen LogP contribution in [0, 0.1) is 11.7 Å². The zero-order valence-corrected chi connectivity index (χ0v) is 16.8. The lowest BCUT2D eigenvalue weighted by Crippen LogP contribution is -2.49. The molecular formula is C25H21FN2O3. The lowest BCUT2D eigenvalue weighted by Gasteiger charge is -2.36. The highest BCUT2D eigenvalue weighted by molar-refractivity contribution is 5.83. The van der Waals surface area contributed by atoms with Crippen LogP contribution in [0.4, 0.5) is 4.39 Å². The van der Waals surface area contributed by atoms with Crippen LogP contribution in [0.1, 0.15) is 16.7 Å². The number of carboxylic acids is 1. The van der Waals surface area contributed by atoms with Crippen molar-refractivity contribution in [3.63, 3.8) is 0 Å². The number of pyridine rings is 1. The number of hydrogen-bond donors (Lipinski definition) is 1. The molecule has 156 valence electrons. The van der Waals surface area contributed by atoms with Gasteiger partial charge in [-0.25, -0.2) is 4.39 Å². The molecule has 1 aliphatic heterocycles. The molecule has 3 heterocycles. The highest BCUT2D eigenvalue weighted by atomic mass is 19.1. The Morgan fingerprint density at radius 2 is 1.94 bits per heavy atom. The van der Waals surface area contributed by atoms with E-state index in [2.05, 4.69) is 11.1 Å². The summed E-state index contributed by atoms with van der Waals surface area (Å²) in [5.74, 6) is -0.941. The van der Waals surface area contributed by atoms with E-state index >= 15 is 0 Å². The van der Waals surface area contributed by atoms with Gasteiger partial charge in [-0.05, 0) is 59.5 Å². The Bertz CT molecular complexity index is 1250. The molecule has 0 unspecified atom stereocenters. The summed E-state index contributed by atoms with van der Waals surface area (Å²) in [5.41, 5.74) is 4.22. The van der Waals surface area contributed by atoms with Gasteiger partial charge >= 0.3 is 5.97 Å². The number of carbonyl (C=O) groups is 1. The van der Waals surface area contributed by atoms with E-state index in [4.69, 9.17) is 9.52 Å². The number of hydrogen-bond acceptors (Lipinski definition) is 4. The maximum Gasteiger partial charge on any atom is 0.309 e. The summed E-state index contributed by atoms with van der Waals surface area (Å²) in [5, 5.41) is 9.91. The number of fused-ring (bicyclic) bond motifs is 1. The van der Waals surface area contributed by atoms with Crippen molar-refractivity contribution in [3.05, 3.63) is 89.5 Å². The van der Waals surface area contributed by atoms with Crippen LogP contribution in [0.5, 0.6) is 0 Å². The van der Waals surface area contributed by atoms with Crippen molar-refractivity contribution in [2.45, 2.75) is 13.0 Å². The van der Waals surface area contributed by atoms with E-state index in [-0.39, 0.29) is 11.7 Å². The molecule has 31 heavy (non-hydrogen) atoms. The normalized spacial score (nSPS) is 14.6. The van der Waals surface area contributed by atoms with Crippen LogP contribution in [0.3, 0.4) is 0 Å². The Morgan fingerprint density at radius 1 is 1.10 bits per heavy atom. The Morgan fingerprint density at radius 3 is 2.68 bits per heavy atom. The van der Waals surface area contributed by atoms with Gasteiger partial charge in [0.2, 0.25) is 0 Å². The van der Waals surface area contributed by atoms with Crippen molar-refractivity contribution in [2.75, 3.05) is 13.1 Å². The second kappa shape index (κ2) is 7.96. The zero-order chi connectivity index (χ0) is 21.4. The van der Waals surface area contributed by atoms with Crippen LogP contribution in [0.15, 0.2) is 71.4 Å². The summed E-state index contributed by atoms with van der Waals surface area (Å²) < 4.78 is 20.7. The fourth-order valence-corrected chi connectivity index (χ4v) is 4.04. The molecule has 2 aromatic heterocycles. The van der Waals surface area contributed by atoms with Crippen molar-refractivity contribution in [1.29, 1.82) is 0 Å². The minimum absolute atomic E-state index is 0.317. The van der Waals surface area contributed by atoms with E-state index in [1.54, 1.807) is 12.3 Å². The first kappa shape index (κ1) is 19.5. The number of aliphatic carboxylic acids is 1. The van der Waals surface area contributed by atoms with E-state index in [1.165, 1.54) is 6.07 Å². The summed E-state index contributed by atoms with van der Waals surface area (Å²) in [6.45, 7) is 1.55. The van der Waals surface area contributed by atoms with Crippen LogP contribution in [0.2, 0.25) is 0 Å². The third-order valence-corrected chi connectivity index (χ3v) is 5.72. The fourth-order valence-electron chi connectivity index (χ4n) is 4.04. The van der Waals surface area contributed by atoms with Crippen molar-refractivity contribution < 1.29 is 18.7 Å². The Kier molecular flexibility index (Phi) is 5.00. The molecule has 5 nitrogen and oxygen atoms in total. The second-order valence-corrected chi connectivity index (χ2v) is 8.06. The summed E-state index contributed by atoms with van der Waals surface area (Å²) in [6.07, 6.45) is 4.38. The second-order valence-electron chi connectivity index (χ2n) is 8.06. The minimum atomic E-state index is -0.772. The zero-order valence-electron chi connectivity index (χ0n) is 16.8. The van der Waals surface area contributed by atoms with Crippen LogP contribution >= 0.6 is 0 Å². The molecule has 1 aliphatic rings. The first-order valence-electron chi connectivity index (χ1n) is 10.2. The van der Waals surface area contributed by atoms with Crippen molar-refractivity contribution in [1.82, 2.24) is 9.88 Å². The van der Waals surface area contributed by atoms with Gasteiger partial charge in [-0.15, -0.1) is 0 Å². The van der Waals surface area contributed by atoms with Crippen LogP contribution in [-0.2, 0) is 17.8 Å². The van der Waals surface area contributed by atoms with Crippen LogP contribution < -0.4 is 0 Å². The Hall–Kier alpha value is -3.51. The molecule has 0 atom stereocenters. The summed E-state index contributed by atoms with van der Waals surface area (Å²) in [4.78, 5) is 17.1. The Labute approximate surface area is 178 Å². The molecule has 0 bridgehead atoms. The monoisotopic (exact) mass is 416 g/mol. The topological polar surface area (TPSA) is 66.6 Å². The molecule has 0 spiro atoms. The molecule has 0 radical (unpaired) electrons. The number of furan rings is 1. The smallest absolute Gasteiger partial charge is 0.309 e. The average molecular weight is 416 g/mol. The van der Waals surface area contributed by atoms with Crippen LogP contribution in [0.25, 0.3) is 22.3 Å². The van der Waals surface area contributed by atoms with Crippen molar-refractivity contribution in [2.24, 2.45) is 5.92 Å². The molecule has 0 amide bonds. The highest BCUT2D eigenvalue weighted by Gasteiger charge is 2.32. The molecular weight excluding hydrogens is 395 g/mol. The third-order valence-electron chi connectivity index (χ3n) is 5.72. The number of aromatic nitrogens is 1. The molecule has 1 fully saturated rings. The molecule has 1 saturated heterocycles. The average Bonchev–Trinajstić information content (AvgIpc) is 3.14. The lowest BCUT2D eigenvalue weighted by molar-refractivity contribution is -0.147. The van der Waals surface area contributed by atoms with Gasteiger partial charge in [0.25, 0.3) is 0 Å². The third kappa shape index (κ3) is 4.07. The lowest BCUT2D eigenvalue weighted by atomic mass is 9.99. The quantitative estimate of drug-likeness (QED) is 0.492. The molecule has 1 N–H and O–H groups in total. The largest absolute Gasteiger partial charge is 0.481 e. The number of benzene rings is 2. The van der Waals surface area contributed by atoms with Crippen molar-refractivity contribution in [3.8, 4) is 11.3 Å². The fraction of sp³-hybridized carbons (Fsp3) is 0.200. The van der Waals surface area contributed by atoms with Gasteiger partial charge in [-0.2, -0.15) is 0 Å². The van der Waals surface area contributed by atoms with E-state index in [0.717, 1.165) is 28.5 Å². The predicted molar refractivity (Wildman–Crippen MR) is 115 cm³/mol. The van der Waals surface area contributed by atoms with Crippen LogP contribution in [-0.4, -0.2) is 34.0 Å². The summed E-state index contributed by atoms with van der Waals surface area (Å²) in [7, 11) is 0.